The fourth-order valence-electron chi connectivity index (χ4n) is 2.55. The molecule has 0 aliphatic rings. The van der Waals surface area contributed by atoms with Gasteiger partial charge in [-0.1, -0.05) is 60.7 Å². The molecule has 0 bridgehead atoms. The van der Waals surface area contributed by atoms with Crippen LogP contribution in [0.1, 0.15) is 49.9 Å². The Balaban J connectivity index is 0.000000316. The standard InChI is InChI=1S/C14H21NO2.C10H15N/c1-11(10-12-8-6-5-7-9-12)15-13(16)17-14(2,3)4;1-9(11-2)8-10-6-4-3-5-7-10/h5-9,11H,10H2,1-4H3,(H,15,16);3-7,9,11H,8H2,1-2H3/t11-;9-/m11/s1/i;2D3. The van der Waals surface area contributed by atoms with Gasteiger partial charge in [-0.15, -0.1) is 0 Å². The molecule has 0 aliphatic carbocycles. The molecule has 0 fully saturated rings. The van der Waals surface area contributed by atoms with Crippen molar-refractivity contribution in [3.63, 3.8) is 0 Å². The summed E-state index contributed by atoms with van der Waals surface area (Å²) in [4.78, 5) is 11.5. The number of likely N-dealkylation sites (N-methyl/N-ethyl adjacent to an activating group) is 1. The molecular weight excluding hydrogens is 348 g/mol. The largest absolute Gasteiger partial charge is 0.444 e. The summed E-state index contributed by atoms with van der Waals surface area (Å²) in [6.45, 7) is 7.36. The highest BCUT2D eigenvalue weighted by molar-refractivity contribution is 5.68. The molecule has 4 heteroatoms. The number of ether oxygens (including phenoxy) is 1. The molecule has 0 heterocycles. The van der Waals surface area contributed by atoms with Crippen molar-refractivity contribution in [1.29, 1.82) is 0 Å². The third kappa shape index (κ3) is 11.4. The first-order valence-corrected chi connectivity index (χ1v) is 9.69. The van der Waals surface area contributed by atoms with Crippen LogP contribution in [0.5, 0.6) is 0 Å². The Kier molecular flexibility index (Phi) is 8.28. The maximum absolute atomic E-state index is 11.5. The van der Waals surface area contributed by atoms with Crippen LogP contribution in [0.3, 0.4) is 0 Å². The summed E-state index contributed by atoms with van der Waals surface area (Å²) in [6.07, 6.45) is 1.18. The number of amides is 1. The van der Waals surface area contributed by atoms with E-state index < -0.39 is 12.6 Å². The lowest BCUT2D eigenvalue weighted by molar-refractivity contribution is 0.0508. The zero-order valence-electron chi connectivity index (χ0n) is 20.7. The Hall–Kier alpha value is -2.33. The van der Waals surface area contributed by atoms with Crippen LogP contribution < -0.4 is 10.6 Å². The quantitative estimate of drug-likeness (QED) is 0.735. The number of hydrogen-bond acceptors (Lipinski definition) is 3. The molecule has 0 saturated carbocycles. The van der Waals surface area contributed by atoms with Crippen LogP contribution >= 0.6 is 0 Å². The van der Waals surface area contributed by atoms with Gasteiger partial charge in [0.15, 0.2) is 0 Å². The van der Waals surface area contributed by atoms with Crippen LogP contribution in [-0.4, -0.2) is 30.8 Å². The Labute approximate surface area is 174 Å². The van der Waals surface area contributed by atoms with Gasteiger partial charge >= 0.3 is 6.09 Å². The van der Waals surface area contributed by atoms with E-state index in [9.17, 15) is 4.79 Å². The monoisotopic (exact) mass is 387 g/mol. The summed E-state index contributed by atoms with van der Waals surface area (Å²) in [5, 5.41) is 5.39. The Morgan fingerprint density at radius 1 is 0.929 bits per heavy atom. The third-order valence-electron chi connectivity index (χ3n) is 3.78. The number of benzene rings is 2. The lowest BCUT2D eigenvalue weighted by Gasteiger charge is -2.22. The molecule has 0 unspecified atom stereocenters. The van der Waals surface area contributed by atoms with Crippen molar-refractivity contribution < 1.29 is 13.6 Å². The number of rotatable bonds is 6. The first-order chi connectivity index (χ1) is 14.3. The summed E-state index contributed by atoms with van der Waals surface area (Å²) in [6, 6.07) is 20.0. The number of alkyl carbamates (subject to hydrolysis) is 1. The predicted molar refractivity (Wildman–Crippen MR) is 118 cm³/mol. The van der Waals surface area contributed by atoms with Gasteiger partial charge in [-0.25, -0.2) is 4.79 Å². The van der Waals surface area contributed by atoms with E-state index in [1.807, 2.05) is 95.3 Å². The van der Waals surface area contributed by atoms with E-state index in [-0.39, 0.29) is 18.2 Å². The number of hydrogen-bond donors (Lipinski definition) is 2. The normalized spacial score (nSPS) is 15.0. The highest BCUT2D eigenvalue weighted by atomic mass is 16.6. The molecule has 0 aliphatic heterocycles. The number of carbonyl (C=O) groups is 1. The van der Waals surface area contributed by atoms with Crippen molar-refractivity contribution in [3.05, 3.63) is 71.8 Å². The average molecular weight is 388 g/mol. The van der Waals surface area contributed by atoms with E-state index in [0.717, 1.165) is 18.4 Å². The first kappa shape index (κ1) is 19.0. The fourth-order valence-corrected chi connectivity index (χ4v) is 2.55. The van der Waals surface area contributed by atoms with E-state index in [1.165, 1.54) is 5.56 Å². The van der Waals surface area contributed by atoms with E-state index in [4.69, 9.17) is 8.85 Å². The van der Waals surface area contributed by atoms with E-state index in [1.54, 1.807) is 0 Å². The lowest BCUT2D eigenvalue weighted by Crippen LogP contribution is -2.38. The summed E-state index contributed by atoms with van der Waals surface area (Å²) >= 11 is 0. The van der Waals surface area contributed by atoms with Gasteiger partial charge in [0, 0.05) is 16.2 Å². The van der Waals surface area contributed by atoms with Crippen molar-refractivity contribution in [3.8, 4) is 0 Å². The summed E-state index contributed by atoms with van der Waals surface area (Å²) in [5.41, 5.74) is 1.91. The summed E-state index contributed by atoms with van der Waals surface area (Å²) < 4.78 is 26.3. The molecule has 0 radical (unpaired) electrons. The molecule has 1 amide bonds. The third-order valence-corrected chi connectivity index (χ3v) is 3.78. The van der Waals surface area contributed by atoms with Gasteiger partial charge in [-0.2, -0.15) is 0 Å². The summed E-state index contributed by atoms with van der Waals surface area (Å²) in [7, 11) is 0. The molecule has 4 nitrogen and oxygen atoms in total. The van der Waals surface area contributed by atoms with Gasteiger partial charge in [-0.05, 0) is 65.6 Å². The highest BCUT2D eigenvalue weighted by Gasteiger charge is 2.17. The van der Waals surface area contributed by atoms with Crippen LogP contribution in [0, 0.1) is 0 Å². The van der Waals surface area contributed by atoms with E-state index in [0.29, 0.717) is 0 Å². The van der Waals surface area contributed by atoms with Gasteiger partial charge in [0.2, 0.25) is 0 Å². The number of nitrogens with one attached hydrogen (secondary N) is 2. The predicted octanol–water partition coefficient (Wildman–Crippen LogP) is 4.98. The van der Waals surface area contributed by atoms with Gasteiger partial charge in [0.05, 0.1) is 0 Å². The van der Waals surface area contributed by atoms with Crippen molar-refractivity contribution in [1.82, 2.24) is 10.6 Å². The van der Waals surface area contributed by atoms with Crippen LogP contribution in [0.15, 0.2) is 60.7 Å². The van der Waals surface area contributed by atoms with E-state index >= 15 is 0 Å². The second-order valence-corrected chi connectivity index (χ2v) is 7.97. The second-order valence-electron chi connectivity index (χ2n) is 7.97. The molecule has 2 aromatic rings. The van der Waals surface area contributed by atoms with E-state index in [2.05, 4.69) is 10.6 Å². The molecule has 2 atom stereocenters. The lowest BCUT2D eigenvalue weighted by atomic mass is 10.1. The van der Waals surface area contributed by atoms with Gasteiger partial charge < -0.3 is 15.4 Å². The minimum atomic E-state index is -2.05. The maximum atomic E-state index is 11.5. The SMILES string of the molecule is C[C@H](Cc1ccccc1)NC(=O)OC(C)(C)C.[2H]C([2H])([2H])N[C@H](C)Cc1ccccc1. The molecule has 0 spiro atoms. The zero-order chi connectivity index (χ0) is 23.5. The minimum Gasteiger partial charge on any atom is -0.444 e. The second kappa shape index (κ2) is 12.2. The molecule has 2 aromatic carbocycles. The van der Waals surface area contributed by atoms with Crippen LogP contribution in [-0.2, 0) is 17.6 Å². The Morgan fingerprint density at radius 2 is 1.39 bits per heavy atom. The smallest absolute Gasteiger partial charge is 0.407 e. The molecule has 2 N–H and O–H groups in total. The average Bonchev–Trinajstić information content (AvgIpc) is 2.60. The molecular formula is C24H36N2O2. The Morgan fingerprint density at radius 3 is 1.82 bits per heavy atom. The van der Waals surface area contributed by atoms with Crippen LogP contribution in [0.2, 0.25) is 0 Å². The van der Waals surface area contributed by atoms with Gasteiger partial charge in [-0.3, -0.25) is 0 Å². The zero-order valence-corrected chi connectivity index (χ0v) is 17.7. The summed E-state index contributed by atoms with van der Waals surface area (Å²) in [5.74, 6) is 0. The van der Waals surface area contributed by atoms with Gasteiger partial charge in [0.25, 0.3) is 0 Å². The molecule has 28 heavy (non-hydrogen) atoms. The molecule has 154 valence electrons. The molecule has 0 aromatic heterocycles. The van der Waals surface area contributed by atoms with Crippen LogP contribution in [0.25, 0.3) is 0 Å². The highest BCUT2D eigenvalue weighted by Crippen LogP contribution is 2.08. The number of carbonyl (C=O) groups excluding carboxylic acids is 1. The van der Waals surface area contributed by atoms with Crippen molar-refractivity contribution in [2.24, 2.45) is 0 Å². The van der Waals surface area contributed by atoms with Crippen molar-refractivity contribution in [2.75, 3.05) is 6.98 Å². The van der Waals surface area contributed by atoms with Crippen molar-refractivity contribution in [2.45, 2.75) is 65.1 Å². The molecule has 2 rings (SSSR count). The molecule has 0 saturated heterocycles. The topological polar surface area (TPSA) is 50.4 Å². The minimum absolute atomic E-state index is 0.0371. The Bertz CT molecular complexity index is 760. The van der Waals surface area contributed by atoms with Crippen LogP contribution in [0.4, 0.5) is 4.79 Å². The van der Waals surface area contributed by atoms with Crippen molar-refractivity contribution >= 4 is 6.09 Å². The fraction of sp³-hybridized carbons (Fsp3) is 0.458. The maximum Gasteiger partial charge on any atom is 0.407 e. The first-order valence-electron chi connectivity index (χ1n) is 11.2. The van der Waals surface area contributed by atoms with Gasteiger partial charge in [0.1, 0.15) is 5.60 Å².